The Morgan fingerprint density at radius 1 is 1.22 bits per heavy atom. The van der Waals surface area contributed by atoms with Crippen LogP contribution in [0.2, 0.25) is 0 Å². The van der Waals surface area contributed by atoms with Crippen LogP contribution >= 0.6 is 0 Å². The van der Waals surface area contributed by atoms with Gasteiger partial charge >= 0.3 is 17.8 Å². The van der Waals surface area contributed by atoms with E-state index in [1.54, 1.807) is 24.3 Å². The number of benzene rings is 1. The highest BCUT2D eigenvalue weighted by molar-refractivity contribution is 6.44. The monoisotopic (exact) mass is 243 g/mol. The zero-order chi connectivity index (χ0) is 13.3. The molecule has 1 aromatic rings. The van der Waals surface area contributed by atoms with Crippen LogP contribution in [0.3, 0.4) is 0 Å². The van der Waals surface area contributed by atoms with Crippen molar-refractivity contribution in [1.82, 2.24) is 9.80 Å². The summed E-state index contributed by atoms with van der Waals surface area (Å²) in [4.78, 5) is 36.1. The number of hydrogen-bond acceptors (Lipinski definition) is 4. The highest BCUT2D eigenvalue weighted by Gasteiger charge is 2.41. The Morgan fingerprint density at radius 3 is 2.50 bits per heavy atom. The van der Waals surface area contributed by atoms with Crippen molar-refractivity contribution >= 4 is 17.8 Å². The van der Waals surface area contributed by atoms with Crippen LogP contribution in [-0.2, 0) is 16.1 Å². The Morgan fingerprint density at radius 2 is 1.94 bits per heavy atom. The first-order valence-corrected chi connectivity index (χ1v) is 5.17. The first-order valence-electron chi connectivity index (χ1n) is 5.17. The highest BCUT2D eigenvalue weighted by atomic mass is 16.2. The largest absolute Gasteiger partial charge is 0.334 e. The van der Waals surface area contributed by atoms with Gasteiger partial charge in [0.15, 0.2) is 0 Å². The second-order valence-electron chi connectivity index (χ2n) is 3.85. The number of carbonyl (C=O) groups is 3. The van der Waals surface area contributed by atoms with Crippen LogP contribution in [0.5, 0.6) is 0 Å². The van der Waals surface area contributed by atoms with E-state index in [0.29, 0.717) is 11.1 Å². The van der Waals surface area contributed by atoms with Crippen molar-refractivity contribution in [1.29, 1.82) is 5.26 Å². The predicted molar refractivity (Wildman–Crippen MR) is 59.9 cm³/mol. The van der Waals surface area contributed by atoms with Gasteiger partial charge in [-0.2, -0.15) is 5.26 Å². The van der Waals surface area contributed by atoms with E-state index in [1.807, 2.05) is 6.07 Å². The van der Waals surface area contributed by atoms with Gasteiger partial charge in [-0.3, -0.25) is 19.4 Å². The van der Waals surface area contributed by atoms with Gasteiger partial charge in [0.2, 0.25) is 0 Å². The van der Waals surface area contributed by atoms with Crippen LogP contribution < -0.4 is 0 Å². The summed E-state index contributed by atoms with van der Waals surface area (Å²) in [6.07, 6.45) is 0. The average Bonchev–Trinajstić information content (AvgIpc) is 2.57. The molecular weight excluding hydrogens is 234 g/mol. The fourth-order valence-corrected chi connectivity index (χ4v) is 1.67. The maximum Gasteiger partial charge on any atom is 0.334 e. The molecule has 0 radical (unpaired) electrons. The summed E-state index contributed by atoms with van der Waals surface area (Å²) in [5, 5.41) is 8.75. The molecule has 4 amide bonds. The minimum Gasteiger partial charge on any atom is -0.263 e. The summed E-state index contributed by atoms with van der Waals surface area (Å²) in [5.74, 6) is -1.68. The first-order chi connectivity index (χ1) is 8.54. The van der Waals surface area contributed by atoms with E-state index in [1.165, 1.54) is 7.05 Å². The molecule has 0 N–H and O–H groups in total. The van der Waals surface area contributed by atoms with E-state index in [2.05, 4.69) is 0 Å². The molecule has 1 aromatic carbocycles. The maximum absolute atomic E-state index is 11.6. The van der Waals surface area contributed by atoms with Crippen LogP contribution in [-0.4, -0.2) is 34.7 Å². The lowest BCUT2D eigenvalue weighted by Crippen LogP contribution is -2.31. The quantitative estimate of drug-likeness (QED) is 0.558. The summed E-state index contributed by atoms with van der Waals surface area (Å²) >= 11 is 0. The van der Waals surface area contributed by atoms with Gasteiger partial charge in [-0.15, -0.1) is 0 Å². The Labute approximate surface area is 103 Å². The highest BCUT2D eigenvalue weighted by Crippen LogP contribution is 2.15. The van der Waals surface area contributed by atoms with E-state index in [4.69, 9.17) is 5.26 Å². The Bertz CT molecular complexity index is 588. The zero-order valence-corrected chi connectivity index (χ0v) is 9.58. The summed E-state index contributed by atoms with van der Waals surface area (Å²) in [6, 6.07) is 7.85. The van der Waals surface area contributed by atoms with Crippen molar-refractivity contribution in [3.05, 3.63) is 35.4 Å². The molecule has 0 saturated carbocycles. The molecule has 1 aliphatic rings. The zero-order valence-electron chi connectivity index (χ0n) is 9.58. The third-order valence-corrected chi connectivity index (χ3v) is 2.65. The molecule has 0 aliphatic carbocycles. The number of nitrogens with zero attached hydrogens (tertiary/aromatic N) is 3. The summed E-state index contributed by atoms with van der Waals surface area (Å²) < 4.78 is 0. The molecule has 1 heterocycles. The van der Waals surface area contributed by atoms with E-state index in [9.17, 15) is 14.4 Å². The normalized spacial score (nSPS) is 15.2. The van der Waals surface area contributed by atoms with Crippen LogP contribution in [0.15, 0.2) is 24.3 Å². The molecule has 0 aromatic heterocycles. The van der Waals surface area contributed by atoms with Crippen molar-refractivity contribution in [2.45, 2.75) is 6.54 Å². The molecule has 1 aliphatic heterocycles. The smallest absolute Gasteiger partial charge is 0.263 e. The summed E-state index contributed by atoms with van der Waals surface area (Å²) in [5.41, 5.74) is 1.06. The van der Waals surface area contributed by atoms with Gasteiger partial charge in [0.25, 0.3) is 0 Å². The molecule has 2 rings (SSSR count). The molecule has 1 saturated heterocycles. The van der Waals surface area contributed by atoms with Crippen molar-refractivity contribution in [2.24, 2.45) is 0 Å². The van der Waals surface area contributed by atoms with E-state index in [-0.39, 0.29) is 6.54 Å². The lowest BCUT2D eigenvalue weighted by molar-refractivity contribution is -0.143. The Hall–Kier alpha value is -2.68. The Kier molecular flexibility index (Phi) is 2.81. The lowest BCUT2D eigenvalue weighted by atomic mass is 10.1. The van der Waals surface area contributed by atoms with Gasteiger partial charge in [-0.25, -0.2) is 4.79 Å². The molecular formula is C12H9N3O3. The van der Waals surface area contributed by atoms with Gasteiger partial charge < -0.3 is 0 Å². The first kappa shape index (κ1) is 11.8. The predicted octanol–water partition coefficient (Wildman–Crippen LogP) is 0.479. The number of rotatable bonds is 2. The summed E-state index contributed by atoms with van der Waals surface area (Å²) in [7, 11) is 1.26. The number of likely N-dealkylation sites (N-methyl/N-ethyl adjacent to an activating group) is 1. The number of imide groups is 2. The van der Waals surface area contributed by atoms with E-state index < -0.39 is 17.8 Å². The van der Waals surface area contributed by atoms with Crippen molar-refractivity contribution in [3.63, 3.8) is 0 Å². The molecule has 6 heteroatoms. The van der Waals surface area contributed by atoms with Gasteiger partial charge in [0, 0.05) is 7.05 Å². The number of carbonyl (C=O) groups excluding carboxylic acids is 3. The fourth-order valence-electron chi connectivity index (χ4n) is 1.67. The lowest BCUT2D eigenvalue weighted by Gasteiger charge is -2.12. The number of nitriles is 1. The third kappa shape index (κ3) is 1.82. The average molecular weight is 243 g/mol. The van der Waals surface area contributed by atoms with Crippen LogP contribution in [0.25, 0.3) is 0 Å². The molecule has 6 nitrogen and oxygen atoms in total. The Balaban J connectivity index is 2.24. The van der Waals surface area contributed by atoms with Gasteiger partial charge in [0.05, 0.1) is 18.2 Å². The number of urea groups is 1. The molecule has 1 fully saturated rings. The van der Waals surface area contributed by atoms with Crippen molar-refractivity contribution in [3.8, 4) is 6.07 Å². The SMILES string of the molecule is CN1C(=O)C(=O)N(Cc2cccc(C#N)c2)C1=O. The van der Waals surface area contributed by atoms with Gasteiger partial charge in [0.1, 0.15) is 0 Å². The van der Waals surface area contributed by atoms with Crippen LogP contribution in [0.1, 0.15) is 11.1 Å². The minimum atomic E-state index is -0.843. The van der Waals surface area contributed by atoms with Crippen LogP contribution in [0.4, 0.5) is 4.79 Å². The molecule has 0 atom stereocenters. The third-order valence-electron chi connectivity index (χ3n) is 2.65. The second kappa shape index (κ2) is 4.30. The van der Waals surface area contributed by atoms with E-state index >= 15 is 0 Å². The maximum atomic E-state index is 11.6. The van der Waals surface area contributed by atoms with Gasteiger partial charge in [-0.05, 0) is 17.7 Å². The minimum absolute atomic E-state index is 0.0106. The number of amides is 4. The fraction of sp³-hybridized carbons (Fsp3) is 0.167. The van der Waals surface area contributed by atoms with Crippen molar-refractivity contribution in [2.75, 3.05) is 7.05 Å². The second-order valence-corrected chi connectivity index (χ2v) is 3.85. The number of hydrogen-bond donors (Lipinski definition) is 0. The van der Waals surface area contributed by atoms with Gasteiger partial charge in [-0.1, -0.05) is 12.1 Å². The molecule has 0 spiro atoms. The van der Waals surface area contributed by atoms with E-state index in [0.717, 1.165) is 9.80 Å². The molecule has 0 bridgehead atoms. The standard InChI is InChI=1S/C12H9N3O3/c1-14-10(16)11(17)15(12(14)18)7-9-4-2-3-8(5-9)6-13/h2-5H,7H2,1H3. The molecule has 90 valence electrons. The topological polar surface area (TPSA) is 81.5 Å². The molecule has 0 unspecified atom stereocenters. The van der Waals surface area contributed by atoms with Crippen molar-refractivity contribution < 1.29 is 14.4 Å². The van der Waals surface area contributed by atoms with Crippen LogP contribution in [0, 0.1) is 11.3 Å². The summed E-state index contributed by atoms with van der Waals surface area (Å²) in [6.45, 7) is -0.0106. The molecule has 18 heavy (non-hydrogen) atoms.